The van der Waals surface area contributed by atoms with Crippen LogP contribution >= 0.6 is 0 Å². The van der Waals surface area contributed by atoms with Crippen LogP contribution in [0.15, 0.2) is 302 Å². The molecule has 10 aromatic rings. The third-order valence-electron chi connectivity index (χ3n) is 10.4. The molecule has 0 N–H and O–H groups in total. The molecule has 0 spiro atoms. The van der Waals surface area contributed by atoms with Crippen molar-refractivity contribution >= 4 is 93.2 Å². The van der Waals surface area contributed by atoms with Crippen molar-refractivity contribution in [2.75, 3.05) is 0 Å². The molecular formula is C61H52AgAs3O3S. The van der Waals surface area contributed by atoms with Crippen molar-refractivity contribution in [1.29, 1.82) is 0 Å². The molecule has 0 saturated heterocycles. The van der Waals surface area contributed by atoms with Gasteiger partial charge in [-0.25, -0.2) is 8.42 Å². The summed E-state index contributed by atoms with van der Waals surface area (Å²) >= 11 is -4.17. The van der Waals surface area contributed by atoms with Gasteiger partial charge in [-0.2, -0.15) is 0 Å². The van der Waals surface area contributed by atoms with Crippen molar-refractivity contribution in [2.24, 2.45) is 0 Å². The van der Waals surface area contributed by atoms with E-state index in [1.165, 1.54) is 51.3 Å². The average molecular weight is 1200 g/mol. The first-order chi connectivity index (χ1) is 33.3. The Morgan fingerprint density at radius 3 is 0.536 bits per heavy atom. The maximum absolute atomic E-state index is 10.4. The molecule has 10 rings (SSSR count). The Morgan fingerprint density at radius 2 is 0.406 bits per heavy atom. The summed E-state index contributed by atoms with van der Waals surface area (Å²) in [4.78, 5) is -0.178. The second kappa shape index (κ2) is 28.3. The first-order valence-electron chi connectivity index (χ1n) is 22.2. The van der Waals surface area contributed by atoms with E-state index in [4.69, 9.17) is 0 Å². The van der Waals surface area contributed by atoms with Gasteiger partial charge >= 0.3 is 378 Å². The van der Waals surface area contributed by atoms with Crippen LogP contribution in [0.3, 0.4) is 0 Å². The molecule has 0 aliphatic rings. The Labute approximate surface area is 439 Å². The van der Waals surface area contributed by atoms with Crippen molar-refractivity contribution in [3.63, 3.8) is 0 Å². The summed E-state index contributed by atoms with van der Waals surface area (Å²) in [6, 6.07) is 104. The van der Waals surface area contributed by atoms with Crippen molar-refractivity contribution in [3.05, 3.63) is 303 Å². The second-order valence-electron chi connectivity index (χ2n) is 15.3. The average Bonchev–Trinajstić information content (AvgIpc) is 3.40. The summed E-state index contributed by atoms with van der Waals surface area (Å²) in [5.74, 6) is 0. The molecule has 3 nitrogen and oxygen atoms in total. The predicted octanol–water partition coefficient (Wildman–Crippen LogP) is 7.51. The van der Waals surface area contributed by atoms with E-state index in [0.717, 1.165) is 5.56 Å². The van der Waals surface area contributed by atoms with Crippen LogP contribution in [0, 0.1) is 6.92 Å². The van der Waals surface area contributed by atoms with Gasteiger partial charge in [0.15, 0.2) is 0 Å². The molecule has 69 heavy (non-hydrogen) atoms. The second-order valence-corrected chi connectivity index (χ2v) is 30.6. The Hall–Kier alpha value is -5.47. The van der Waals surface area contributed by atoms with Crippen LogP contribution in [0.1, 0.15) is 5.56 Å². The van der Waals surface area contributed by atoms with Gasteiger partial charge in [0.1, 0.15) is 10.1 Å². The molecule has 0 bridgehead atoms. The predicted molar refractivity (Wildman–Crippen MR) is 291 cm³/mol. The zero-order chi connectivity index (χ0) is 47.2. The Morgan fingerprint density at radius 1 is 0.261 bits per heavy atom. The molecule has 8 heteroatoms. The van der Waals surface area contributed by atoms with Crippen LogP contribution < -0.4 is 39.2 Å². The first-order valence-corrected chi connectivity index (χ1v) is 32.1. The zero-order valence-corrected chi connectivity index (χ0v) is 46.0. The zero-order valence-electron chi connectivity index (χ0n) is 38.1. The molecule has 0 aliphatic heterocycles. The summed E-state index contributed by atoms with van der Waals surface area (Å²) in [6.45, 7) is 1.82. The number of hydrogen-bond acceptors (Lipinski definition) is 3. The van der Waals surface area contributed by atoms with E-state index in [1.54, 1.807) is 12.1 Å². The quantitative estimate of drug-likeness (QED) is 0.105. The van der Waals surface area contributed by atoms with Gasteiger partial charge in [-0.15, -0.1) is 0 Å². The molecule has 0 unspecified atom stereocenters. The molecule has 0 saturated carbocycles. The fourth-order valence-corrected chi connectivity index (χ4v) is 22.2. The van der Waals surface area contributed by atoms with E-state index >= 15 is 0 Å². The first kappa shape index (κ1) is 52.9. The Bertz CT molecular complexity index is 2490. The summed E-state index contributed by atoms with van der Waals surface area (Å²) in [7, 11) is -4.27. The monoisotopic (exact) mass is 1200 g/mol. The summed E-state index contributed by atoms with van der Waals surface area (Å²) < 4.78 is 44.5. The van der Waals surface area contributed by atoms with E-state index in [1.807, 2.05) is 6.92 Å². The molecule has 0 amide bonds. The van der Waals surface area contributed by atoms with Gasteiger partial charge in [-0.3, -0.25) is 0 Å². The molecule has 0 heterocycles. The summed E-state index contributed by atoms with van der Waals surface area (Å²) in [6.07, 6.45) is 0. The SMILES string of the molecule is Cc1ccc(S(=O)(=O)[O-])cc1.[Ag+].c1ccc([As](c2ccccc2)c2ccccc2)cc1.c1ccc([As](c2ccccc2)c2ccccc2)cc1.c1ccc([As](c2ccccc2)c2ccccc2)cc1. The Balaban J connectivity index is 0.000000153. The van der Waals surface area contributed by atoms with Gasteiger partial charge in [0, 0.05) is 0 Å². The number of rotatable bonds is 10. The molecule has 10 aromatic carbocycles. The third-order valence-corrected chi connectivity index (χ3v) is 26.7. The maximum atomic E-state index is 10.4. The van der Waals surface area contributed by atoms with E-state index < -0.39 is 54.1 Å². The van der Waals surface area contributed by atoms with Crippen molar-refractivity contribution < 1.29 is 35.4 Å². The minimum atomic E-state index is -4.27. The van der Waals surface area contributed by atoms with Gasteiger partial charge in [0.2, 0.25) is 0 Å². The van der Waals surface area contributed by atoms with Gasteiger partial charge in [0.25, 0.3) is 0 Å². The van der Waals surface area contributed by atoms with Gasteiger partial charge in [0.05, 0.1) is 4.90 Å². The van der Waals surface area contributed by atoms with E-state index in [9.17, 15) is 13.0 Å². The molecule has 0 aliphatic carbocycles. The topological polar surface area (TPSA) is 57.2 Å². The molecule has 0 fully saturated rings. The van der Waals surface area contributed by atoms with Crippen LogP contribution in [0.2, 0.25) is 0 Å². The fourth-order valence-electron chi connectivity index (χ4n) is 7.24. The van der Waals surface area contributed by atoms with Crippen molar-refractivity contribution in [1.82, 2.24) is 0 Å². The fraction of sp³-hybridized carbons (Fsp3) is 0.0164. The molecule has 0 radical (unpaired) electrons. The van der Waals surface area contributed by atoms with Crippen LogP contribution in [0.5, 0.6) is 0 Å². The molecular weight excluding hydrogens is 1150 g/mol. The third kappa shape index (κ3) is 16.3. The van der Waals surface area contributed by atoms with Crippen LogP contribution in [0.25, 0.3) is 0 Å². The van der Waals surface area contributed by atoms with Gasteiger partial charge in [-0.1, -0.05) is 17.7 Å². The Kier molecular flexibility index (Phi) is 21.7. The molecule has 0 aromatic heterocycles. The normalized spacial score (nSPS) is 10.6. The van der Waals surface area contributed by atoms with E-state index in [2.05, 4.69) is 273 Å². The van der Waals surface area contributed by atoms with Crippen LogP contribution in [-0.4, -0.2) is 56.9 Å². The molecule has 346 valence electrons. The summed E-state index contributed by atoms with van der Waals surface area (Å²) in [5, 5.41) is 0. The standard InChI is InChI=1S/3C18H15As.C7H8O3S.Ag/c3*1-4-10-16(11-5-1)19(17-12-6-2-7-13-17)18-14-8-3-9-15-18;1-6-2-4-7(5-3-6)11(8,9)10;/h3*1-15H;2-5H,1H3,(H,8,9,10);/q;;;;+1/p-1. The van der Waals surface area contributed by atoms with Crippen LogP contribution in [0.4, 0.5) is 0 Å². The van der Waals surface area contributed by atoms with Crippen LogP contribution in [-0.2, 0) is 32.5 Å². The van der Waals surface area contributed by atoms with E-state index in [-0.39, 0.29) is 27.3 Å². The van der Waals surface area contributed by atoms with Gasteiger partial charge in [-0.05, 0) is 19.1 Å². The van der Waals surface area contributed by atoms with E-state index in [0.29, 0.717) is 0 Å². The molecule has 0 atom stereocenters. The van der Waals surface area contributed by atoms with Crippen molar-refractivity contribution in [2.45, 2.75) is 11.8 Å². The minimum absolute atomic E-state index is 0. The number of hydrogen-bond donors (Lipinski definition) is 0. The number of benzene rings is 10. The van der Waals surface area contributed by atoms with Gasteiger partial charge < -0.3 is 4.55 Å². The number of aryl methyl sites for hydroxylation is 1. The summed E-state index contributed by atoms with van der Waals surface area (Å²) in [5.41, 5.74) is 0.928. The van der Waals surface area contributed by atoms with Crippen molar-refractivity contribution in [3.8, 4) is 0 Å².